The van der Waals surface area contributed by atoms with Crippen LogP contribution in [0.3, 0.4) is 0 Å². The lowest BCUT2D eigenvalue weighted by atomic mass is 10.2. The Morgan fingerprint density at radius 3 is 2.76 bits per heavy atom. The molecule has 0 saturated heterocycles. The van der Waals surface area contributed by atoms with Crippen LogP contribution in [0.4, 0.5) is 5.69 Å². The van der Waals surface area contributed by atoms with E-state index < -0.39 is 10.0 Å². The number of sulfonamides is 1. The van der Waals surface area contributed by atoms with Gasteiger partial charge in [0.05, 0.1) is 21.3 Å². The molecule has 0 spiro atoms. The van der Waals surface area contributed by atoms with Crippen molar-refractivity contribution in [1.29, 1.82) is 0 Å². The predicted molar refractivity (Wildman–Crippen MR) is 82.7 cm³/mol. The quantitative estimate of drug-likeness (QED) is 0.814. The van der Waals surface area contributed by atoms with Gasteiger partial charge in [0.2, 0.25) is 10.0 Å². The summed E-state index contributed by atoms with van der Waals surface area (Å²) in [5.74, 6) is 0. The summed E-state index contributed by atoms with van der Waals surface area (Å²) < 4.78 is 28.8. The molecule has 6 nitrogen and oxygen atoms in total. The van der Waals surface area contributed by atoms with Crippen LogP contribution in [0.25, 0.3) is 0 Å². The monoisotopic (exact) mass is 328 g/mol. The Hall–Kier alpha value is -1.57. The first kappa shape index (κ1) is 15.8. The highest BCUT2D eigenvalue weighted by atomic mass is 35.5. The molecule has 0 aliphatic rings. The molecule has 0 fully saturated rings. The molecule has 114 valence electrons. The Morgan fingerprint density at radius 1 is 1.43 bits per heavy atom. The zero-order valence-corrected chi connectivity index (χ0v) is 13.4. The largest absolute Gasteiger partial charge is 0.397 e. The average molecular weight is 329 g/mol. The van der Waals surface area contributed by atoms with Crippen molar-refractivity contribution < 1.29 is 8.42 Å². The van der Waals surface area contributed by atoms with Crippen molar-refractivity contribution in [3.63, 3.8) is 0 Å². The summed E-state index contributed by atoms with van der Waals surface area (Å²) in [5.41, 5.74) is 7.30. The number of nitrogens with two attached hydrogens (primary N) is 1. The number of hydrogen-bond donors (Lipinski definition) is 2. The van der Waals surface area contributed by atoms with Gasteiger partial charge in [-0.1, -0.05) is 11.6 Å². The molecule has 0 radical (unpaired) electrons. The van der Waals surface area contributed by atoms with E-state index in [1.165, 1.54) is 6.07 Å². The second-order valence-electron chi connectivity index (χ2n) is 4.77. The number of benzene rings is 1. The third kappa shape index (κ3) is 3.75. The smallest absolute Gasteiger partial charge is 0.240 e. The molecule has 0 amide bonds. The van der Waals surface area contributed by atoms with Crippen molar-refractivity contribution in [3.05, 3.63) is 40.7 Å². The molecule has 2 aromatic rings. The lowest BCUT2D eigenvalue weighted by Crippen LogP contribution is -2.27. The number of nitrogens with one attached hydrogen (secondary N) is 1. The molecule has 1 aromatic carbocycles. The van der Waals surface area contributed by atoms with Gasteiger partial charge in [-0.05, 0) is 30.7 Å². The zero-order chi connectivity index (χ0) is 15.6. The molecule has 0 unspecified atom stereocenters. The highest BCUT2D eigenvalue weighted by Gasteiger charge is 2.18. The second kappa shape index (κ2) is 6.05. The number of rotatable bonds is 5. The lowest BCUT2D eigenvalue weighted by molar-refractivity contribution is 0.580. The maximum atomic E-state index is 12.3. The summed E-state index contributed by atoms with van der Waals surface area (Å²) >= 11 is 5.87. The van der Waals surface area contributed by atoms with Crippen molar-refractivity contribution in [3.8, 4) is 0 Å². The molecular weight excluding hydrogens is 312 g/mol. The van der Waals surface area contributed by atoms with E-state index in [4.69, 9.17) is 17.3 Å². The Labute approximate surface area is 129 Å². The number of nitrogens with zero attached hydrogens (tertiary/aromatic N) is 2. The Morgan fingerprint density at radius 2 is 2.14 bits per heavy atom. The van der Waals surface area contributed by atoms with E-state index >= 15 is 0 Å². The molecule has 0 atom stereocenters. The summed E-state index contributed by atoms with van der Waals surface area (Å²) in [5, 5.41) is 4.54. The molecule has 3 N–H and O–H groups in total. The van der Waals surface area contributed by atoms with Gasteiger partial charge >= 0.3 is 0 Å². The van der Waals surface area contributed by atoms with Crippen LogP contribution in [0, 0.1) is 6.92 Å². The summed E-state index contributed by atoms with van der Waals surface area (Å²) in [6.07, 6.45) is 2.33. The van der Waals surface area contributed by atoms with Crippen molar-refractivity contribution in [2.24, 2.45) is 7.05 Å². The third-order valence-electron chi connectivity index (χ3n) is 3.03. The maximum Gasteiger partial charge on any atom is 0.240 e. The highest BCUT2D eigenvalue weighted by Crippen LogP contribution is 2.25. The van der Waals surface area contributed by atoms with E-state index in [2.05, 4.69) is 9.82 Å². The number of aryl methyl sites for hydroxylation is 2. The number of nitrogen functional groups attached to an aromatic ring is 1. The Balaban J connectivity index is 2.10. The average Bonchev–Trinajstić information content (AvgIpc) is 2.79. The van der Waals surface area contributed by atoms with E-state index in [1.54, 1.807) is 17.7 Å². The molecule has 0 aliphatic carbocycles. The number of aromatic nitrogens is 2. The van der Waals surface area contributed by atoms with E-state index in [9.17, 15) is 8.42 Å². The standard InChI is InChI=1S/C13H17ClN4O2S/c1-9-7-11(14)12(15)8-13(9)21(19,20)16-5-3-10-4-6-18(2)17-10/h4,6-8,16H,3,5,15H2,1-2H3. The highest BCUT2D eigenvalue weighted by molar-refractivity contribution is 7.89. The Kier molecular flexibility index (Phi) is 4.55. The second-order valence-corrected chi connectivity index (χ2v) is 6.91. The zero-order valence-electron chi connectivity index (χ0n) is 11.8. The van der Waals surface area contributed by atoms with Crippen LogP contribution in [-0.4, -0.2) is 24.7 Å². The number of anilines is 1. The Bertz CT molecular complexity index is 756. The van der Waals surface area contributed by atoms with Gasteiger partial charge in [0.1, 0.15) is 0 Å². The van der Waals surface area contributed by atoms with Crippen LogP contribution in [0.2, 0.25) is 5.02 Å². The molecule has 0 bridgehead atoms. The molecule has 0 saturated carbocycles. The summed E-state index contributed by atoms with van der Waals surface area (Å²) in [6, 6.07) is 4.77. The van der Waals surface area contributed by atoms with Crippen molar-refractivity contribution >= 4 is 27.3 Å². The van der Waals surface area contributed by atoms with E-state index in [0.29, 0.717) is 17.0 Å². The van der Waals surface area contributed by atoms with E-state index in [1.807, 2.05) is 19.3 Å². The minimum absolute atomic E-state index is 0.144. The van der Waals surface area contributed by atoms with Crippen LogP contribution < -0.4 is 10.5 Å². The SMILES string of the molecule is Cc1cc(Cl)c(N)cc1S(=O)(=O)NCCc1ccn(C)n1. The van der Waals surface area contributed by atoms with Gasteiger partial charge in [0.25, 0.3) is 0 Å². The minimum Gasteiger partial charge on any atom is -0.397 e. The van der Waals surface area contributed by atoms with Crippen molar-refractivity contribution in [1.82, 2.24) is 14.5 Å². The van der Waals surface area contributed by atoms with E-state index in [-0.39, 0.29) is 17.1 Å². The maximum absolute atomic E-state index is 12.3. The normalized spacial score (nSPS) is 11.8. The fourth-order valence-corrected chi connectivity index (χ4v) is 3.46. The molecule has 21 heavy (non-hydrogen) atoms. The van der Waals surface area contributed by atoms with Crippen LogP contribution in [-0.2, 0) is 23.5 Å². The van der Waals surface area contributed by atoms with Gasteiger partial charge in [0, 0.05) is 26.2 Å². The van der Waals surface area contributed by atoms with Gasteiger partial charge in [-0.3, -0.25) is 4.68 Å². The van der Waals surface area contributed by atoms with Gasteiger partial charge in [0.15, 0.2) is 0 Å². The van der Waals surface area contributed by atoms with Crippen LogP contribution in [0.15, 0.2) is 29.3 Å². The number of halogens is 1. The van der Waals surface area contributed by atoms with Gasteiger partial charge < -0.3 is 5.73 Å². The first-order valence-electron chi connectivity index (χ1n) is 6.33. The summed E-state index contributed by atoms with van der Waals surface area (Å²) in [7, 11) is -1.80. The topological polar surface area (TPSA) is 90.0 Å². The van der Waals surface area contributed by atoms with Crippen LogP contribution in [0.1, 0.15) is 11.3 Å². The lowest BCUT2D eigenvalue weighted by Gasteiger charge is -2.10. The first-order chi connectivity index (χ1) is 9.79. The van der Waals surface area contributed by atoms with Crippen molar-refractivity contribution in [2.45, 2.75) is 18.2 Å². The molecule has 8 heteroatoms. The molecule has 0 aliphatic heterocycles. The van der Waals surface area contributed by atoms with E-state index in [0.717, 1.165) is 5.69 Å². The van der Waals surface area contributed by atoms with Gasteiger partial charge in [-0.15, -0.1) is 0 Å². The van der Waals surface area contributed by atoms with Gasteiger partial charge in [-0.2, -0.15) is 5.10 Å². The molecule has 2 rings (SSSR count). The summed E-state index contributed by atoms with van der Waals surface area (Å²) in [6.45, 7) is 1.94. The fraction of sp³-hybridized carbons (Fsp3) is 0.308. The predicted octanol–water partition coefficient (Wildman–Crippen LogP) is 1.49. The number of hydrogen-bond acceptors (Lipinski definition) is 4. The minimum atomic E-state index is -3.62. The first-order valence-corrected chi connectivity index (χ1v) is 8.19. The fourth-order valence-electron chi connectivity index (χ4n) is 1.95. The summed E-state index contributed by atoms with van der Waals surface area (Å²) in [4.78, 5) is 0.144. The molecular formula is C13H17ClN4O2S. The molecule has 1 aromatic heterocycles. The molecule has 1 heterocycles. The van der Waals surface area contributed by atoms with Crippen LogP contribution in [0.5, 0.6) is 0 Å². The van der Waals surface area contributed by atoms with Crippen molar-refractivity contribution in [2.75, 3.05) is 12.3 Å². The van der Waals surface area contributed by atoms with Gasteiger partial charge in [-0.25, -0.2) is 13.1 Å². The van der Waals surface area contributed by atoms with Crippen LogP contribution >= 0.6 is 11.6 Å². The third-order valence-corrected chi connectivity index (χ3v) is 4.96.